The smallest absolute Gasteiger partial charge is 0.305 e. The number of nitrogens with zero attached hydrogens (tertiary/aromatic N) is 3. The van der Waals surface area contributed by atoms with Crippen LogP contribution in [0.15, 0.2) is 29.4 Å². The standard InChI is InChI=1S/C34H48N4O3S/c1-21(6-15-30(39)41-5)27-13-14-28-26-12-9-23-20-24(16-18-33(23,2)29(26)17-19-34(27,28)3)37-38-31(35-36-32(38)42)22-7-10-25(40-4)11-8-22/h7-8,10-11,21,23,26-29H,6,9,12-20H2,1-5H3,(H,36,42)/b37-24-/t21-,23-,26+,27-,28+,29+,33+,34-/m1/s1. The molecule has 0 saturated heterocycles. The van der Waals surface area contributed by atoms with Crippen LogP contribution in [-0.2, 0) is 9.53 Å². The maximum atomic E-state index is 11.8. The normalized spacial score (nSPS) is 35.6. The first kappa shape index (κ1) is 29.6. The van der Waals surface area contributed by atoms with E-state index in [1.54, 1.807) is 7.11 Å². The number of aromatic amines is 1. The fraction of sp³-hybridized carbons (Fsp3) is 0.706. The third kappa shape index (κ3) is 5.05. The lowest BCUT2D eigenvalue weighted by Gasteiger charge is -2.61. The van der Waals surface area contributed by atoms with Gasteiger partial charge < -0.3 is 9.47 Å². The molecule has 4 fully saturated rings. The van der Waals surface area contributed by atoms with Crippen LogP contribution in [0.1, 0.15) is 91.4 Å². The fourth-order valence-corrected chi connectivity index (χ4v) is 10.4. The Labute approximate surface area is 255 Å². The molecule has 0 aliphatic heterocycles. The summed E-state index contributed by atoms with van der Waals surface area (Å²) in [5.74, 6) is 5.95. The number of carbonyl (C=O) groups is 1. The van der Waals surface area contributed by atoms with Gasteiger partial charge >= 0.3 is 5.97 Å². The van der Waals surface area contributed by atoms with E-state index in [0.717, 1.165) is 60.1 Å². The summed E-state index contributed by atoms with van der Waals surface area (Å²) in [6, 6.07) is 7.90. The van der Waals surface area contributed by atoms with E-state index < -0.39 is 0 Å². The second-order valence-electron chi connectivity index (χ2n) is 14.2. The van der Waals surface area contributed by atoms with Crippen molar-refractivity contribution in [1.82, 2.24) is 14.9 Å². The highest BCUT2D eigenvalue weighted by Crippen LogP contribution is 2.68. The van der Waals surface area contributed by atoms with E-state index in [2.05, 4.69) is 31.0 Å². The van der Waals surface area contributed by atoms with Crippen LogP contribution in [0, 0.1) is 51.1 Å². The van der Waals surface area contributed by atoms with Crippen molar-refractivity contribution in [2.75, 3.05) is 14.2 Å². The van der Waals surface area contributed by atoms with Gasteiger partial charge in [0.1, 0.15) is 5.75 Å². The number of H-pyrrole nitrogens is 1. The maximum absolute atomic E-state index is 11.8. The Bertz CT molecular complexity index is 1380. The second-order valence-corrected chi connectivity index (χ2v) is 14.6. The zero-order chi connectivity index (χ0) is 29.6. The van der Waals surface area contributed by atoms with Crippen LogP contribution in [0.3, 0.4) is 0 Å². The number of aromatic nitrogens is 3. The molecule has 4 aliphatic rings. The number of nitrogens with one attached hydrogen (secondary N) is 1. The molecule has 1 aromatic carbocycles. The third-order valence-corrected chi connectivity index (χ3v) is 12.8. The van der Waals surface area contributed by atoms with Crippen LogP contribution < -0.4 is 4.74 Å². The minimum absolute atomic E-state index is 0.0660. The molecule has 0 unspecified atom stereocenters. The van der Waals surface area contributed by atoms with E-state index in [0.29, 0.717) is 33.9 Å². The van der Waals surface area contributed by atoms with Crippen molar-refractivity contribution in [2.45, 2.75) is 91.4 Å². The lowest BCUT2D eigenvalue weighted by molar-refractivity contribution is -0.141. The predicted molar refractivity (Wildman–Crippen MR) is 168 cm³/mol. The highest BCUT2D eigenvalue weighted by atomic mass is 32.1. The van der Waals surface area contributed by atoms with Gasteiger partial charge in [0.15, 0.2) is 5.82 Å². The number of carbonyl (C=O) groups excluding carboxylic acids is 1. The number of rotatable bonds is 7. The molecule has 1 aromatic heterocycles. The summed E-state index contributed by atoms with van der Waals surface area (Å²) >= 11 is 5.61. The number of hydrogen-bond acceptors (Lipinski definition) is 6. The number of hydrogen-bond donors (Lipinski definition) is 1. The zero-order valence-electron chi connectivity index (χ0n) is 26.0. The molecule has 42 heavy (non-hydrogen) atoms. The lowest BCUT2D eigenvalue weighted by atomic mass is 9.44. The number of methoxy groups -OCH3 is 2. The van der Waals surface area contributed by atoms with Crippen LogP contribution in [0.5, 0.6) is 5.75 Å². The molecular formula is C34H48N4O3S. The van der Waals surface area contributed by atoms with Crippen molar-refractivity contribution in [3.8, 4) is 17.1 Å². The summed E-state index contributed by atoms with van der Waals surface area (Å²) < 4.78 is 12.6. The molecule has 4 saturated carbocycles. The van der Waals surface area contributed by atoms with E-state index in [1.165, 1.54) is 57.8 Å². The largest absolute Gasteiger partial charge is 0.497 e. The van der Waals surface area contributed by atoms with Gasteiger partial charge in [0.25, 0.3) is 0 Å². The zero-order valence-corrected chi connectivity index (χ0v) is 26.8. The van der Waals surface area contributed by atoms with Crippen molar-refractivity contribution < 1.29 is 14.3 Å². The van der Waals surface area contributed by atoms with Crippen LogP contribution in [0.4, 0.5) is 0 Å². The van der Waals surface area contributed by atoms with Gasteiger partial charge in [-0.25, -0.2) is 5.10 Å². The molecule has 6 rings (SSSR count). The lowest BCUT2D eigenvalue weighted by Crippen LogP contribution is -2.53. The Kier molecular flexibility index (Phi) is 8.14. The summed E-state index contributed by atoms with van der Waals surface area (Å²) in [4.78, 5) is 11.8. The Balaban J connectivity index is 1.17. The van der Waals surface area contributed by atoms with Gasteiger partial charge in [0.2, 0.25) is 4.77 Å². The van der Waals surface area contributed by atoms with Crippen molar-refractivity contribution in [3.63, 3.8) is 0 Å². The van der Waals surface area contributed by atoms with Crippen molar-refractivity contribution >= 4 is 23.9 Å². The summed E-state index contributed by atoms with van der Waals surface area (Å²) in [5, 5.41) is 12.6. The molecule has 1 N–H and O–H groups in total. The van der Waals surface area contributed by atoms with Gasteiger partial charge in [-0.1, -0.05) is 20.8 Å². The second kappa shape index (κ2) is 11.5. The molecule has 2 aromatic rings. The van der Waals surface area contributed by atoms with Crippen LogP contribution >= 0.6 is 12.2 Å². The van der Waals surface area contributed by atoms with Crippen molar-refractivity contribution in [2.24, 2.45) is 51.4 Å². The average Bonchev–Trinajstić information content (AvgIpc) is 3.55. The first-order valence-corrected chi connectivity index (χ1v) is 16.5. The van der Waals surface area contributed by atoms with Crippen LogP contribution in [0.25, 0.3) is 11.4 Å². The Morgan fingerprint density at radius 2 is 1.86 bits per heavy atom. The van der Waals surface area contributed by atoms with Crippen LogP contribution in [0.2, 0.25) is 0 Å². The number of fused-ring (bicyclic) bond motifs is 5. The molecule has 0 amide bonds. The average molecular weight is 593 g/mol. The summed E-state index contributed by atoms with van der Waals surface area (Å²) in [6.45, 7) is 7.61. The van der Waals surface area contributed by atoms with Gasteiger partial charge in [-0.15, -0.1) is 0 Å². The van der Waals surface area contributed by atoms with E-state index in [9.17, 15) is 4.79 Å². The number of esters is 1. The first-order valence-electron chi connectivity index (χ1n) is 16.1. The number of benzene rings is 1. The molecule has 0 radical (unpaired) electrons. The first-order chi connectivity index (χ1) is 20.2. The Morgan fingerprint density at radius 1 is 1.10 bits per heavy atom. The minimum atomic E-state index is -0.0660. The van der Waals surface area contributed by atoms with E-state index in [-0.39, 0.29) is 5.97 Å². The minimum Gasteiger partial charge on any atom is -0.497 e. The highest BCUT2D eigenvalue weighted by molar-refractivity contribution is 7.71. The Morgan fingerprint density at radius 3 is 2.60 bits per heavy atom. The molecule has 1 heterocycles. The quantitative estimate of drug-likeness (QED) is 0.260. The molecule has 0 bridgehead atoms. The number of ether oxygens (including phenoxy) is 2. The van der Waals surface area contributed by atoms with Gasteiger partial charge in [-0.2, -0.15) is 14.9 Å². The van der Waals surface area contributed by atoms with Gasteiger partial charge in [-0.05, 0) is 147 Å². The van der Waals surface area contributed by atoms with Gasteiger partial charge in [-0.3, -0.25) is 4.79 Å². The highest BCUT2D eigenvalue weighted by Gasteiger charge is 2.60. The van der Waals surface area contributed by atoms with E-state index in [4.69, 9.17) is 26.8 Å². The maximum Gasteiger partial charge on any atom is 0.305 e. The summed E-state index contributed by atoms with van der Waals surface area (Å²) in [6.07, 6.45) is 12.8. The van der Waals surface area contributed by atoms with Crippen molar-refractivity contribution in [1.29, 1.82) is 0 Å². The van der Waals surface area contributed by atoms with Crippen LogP contribution in [-0.4, -0.2) is 40.8 Å². The molecule has 8 heteroatoms. The molecular weight excluding hydrogens is 544 g/mol. The monoisotopic (exact) mass is 592 g/mol. The fourth-order valence-electron chi connectivity index (χ4n) is 10.2. The Hall–Kier alpha value is -2.48. The molecule has 8 atom stereocenters. The van der Waals surface area contributed by atoms with Gasteiger partial charge in [0.05, 0.1) is 14.2 Å². The third-order valence-electron chi connectivity index (χ3n) is 12.5. The molecule has 4 aliphatic carbocycles. The van der Waals surface area contributed by atoms with Crippen molar-refractivity contribution in [3.05, 3.63) is 29.0 Å². The summed E-state index contributed by atoms with van der Waals surface area (Å²) in [5.41, 5.74) is 3.02. The molecule has 228 valence electrons. The van der Waals surface area contributed by atoms with Gasteiger partial charge in [0, 0.05) is 17.7 Å². The van der Waals surface area contributed by atoms with E-state index in [1.807, 2.05) is 28.9 Å². The molecule has 0 spiro atoms. The predicted octanol–water partition coefficient (Wildman–Crippen LogP) is 8.07. The topological polar surface area (TPSA) is 81.5 Å². The summed E-state index contributed by atoms with van der Waals surface area (Å²) in [7, 11) is 3.18. The SMILES string of the molecule is COC(=O)CC[C@@H](C)[C@H]1CC[C@H]2[C@@H]3CC[C@@H]4C/C(=N\n5c(-c6ccc(OC)cc6)n[nH]c5=S)CC[C@]4(C)[C@H]3CC[C@]12C. The molecule has 7 nitrogen and oxygen atoms in total. The van der Waals surface area contributed by atoms with E-state index >= 15 is 0 Å².